The van der Waals surface area contributed by atoms with Gasteiger partial charge in [0.2, 0.25) is 0 Å². The Morgan fingerprint density at radius 2 is 1.56 bits per heavy atom. The summed E-state index contributed by atoms with van der Waals surface area (Å²) < 4.78 is 39.6. The first-order valence-electron chi connectivity index (χ1n) is 13.0. The fraction of sp³-hybridized carbons (Fsp3) is 0.567. The van der Waals surface area contributed by atoms with Crippen molar-refractivity contribution in [3.8, 4) is 0 Å². The molecule has 1 aliphatic heterocycles. The van der Waals surface area contributed by atoms with Gasteiger partial charge in [-0.3, -0.25) is 9.69 Å². The Bertz CT molecular complexity index is 991. The Labute approximate surface area is 213 Å². The second-order valence-electron chi connectivity index (χ2n) is 11.7. The van der Waals surface area contributed by atoms with Crippen LogP contribution in [-0.4, -0.2) is 22.5 Å². The van der Waals surface area contributed by atoms with Gasteiger partial charge in [0.05, 0.1) is 5.56 Å². The van der Waals surface area contributed by atoms with E-state index in [0.29, 0.717) is 18.9 Å². The number of aliphatic carboxylic acids is 1. The summed E-state index contributed by atoms with van der Waals surface area (Å²) in [5.74, 6) is -0.302. The molecule has 2 aromatic rings. The maximum atomic E-state index is 13.2. The van der Waals surface area contributed by atoms with Crippen LogP contribution >= 0.6 is 0 Å². The van der Waals surface area contributed by atoms with E-state index in [-0.39, 0.29) is 29.8 Å². The van der Waals surface area contributed by atoms with Crippen LogP contribution in [0.3, 0.4) is 0 Å². The van der Waals surface area contributed by atoms with Crippen LogP contribution in [0, 0.1) is 11.8 Å². The number of halogens is 3. The van der Waals surface area contributed by atoms with Crippen LogP contribution in [0.4, 0.5) is 13.2 Å². The number of piperidine rings is 1. The standard InChI is InChI=1S/C30H40F3NO2/c1-20(2)6-15-26(22-7-11-24(12-8-22)29(3,4)5)34-17-16-21(19-28(35)36)18-27(34)23-9-13-25(14-10-23)30(31,32)33/h7-14,20-21,26-27H,6,15-19H2,1-5H3,(H,35,36). The minimum Gasteiger partial charge on any atom is -0.481 e. The third kappa shape index (κ3) is 7.34. The summed E-state index contributed by atoms with van der Waals surface area (Å²) in [4.78, 5) is 13.9. The number of carboxylic acid groups (broad SMARTS) is 1. The fourth-order valence-corrected chi connectivity index (χ4v) is 5.30. The predicted molar refractivity (Wildman–Crippen MR) is 138 cm³/mol. The van der Waals surface area contributed by atoms with Crippen LogP contribution < -0.4 is 0 Å². The number of likely N-dealkylation sites (tertiary alicyclic amines) is 1. The molecule has 2 aromatic carbocycles. The van der Waals surface area contributed by atoms with Crippen molar-refractivity contribution in [2.24, 2.45) is 11.8 Å². The molecule has 0 saturated carbocycles. The minimum absolute atomic E-state index is 0.0000537. The number of carbonyl (C=O) groups is 1. The van der Waals surface area contributed by atoms with Crippen molar-refractivity contribution < 1.29 is 23.1 Å². The smallest absolute Gasteiger partial charge is 0.416 e. The van der Waals surface area contributed by atoms with E-state index in [1.165, 1.54) is 11.1 Å². The van der Waals surface area contributed by atoms with E-state index in [9.17, 15) is 23.1 Å². The van der Waals surface area contributed by atoms with E-state index in [2.05, 4.69) is 63.8 Å². The molecule has 3 unspecified atom stereocenters. The Kier molecular flexibility index (Phi) is 8.92. The van der Waals surface area contributed by atoms with Gasteiger partial charge in [-0.25, -0.2) is 0 Å². The lowest BCUT2D eigenvalue weighted by atomic mass is 9.81. The van der Waals surface area contributed by atoms with Crippen LogP contribution in [0.1, 0.15) is 101 Å². The lowest BCUT2D eigenvalue weighted by Crippen LogP contribution is -2.40. The Morgan fingerprint density at radius 1 is 0.972 bits per heavy atom. The van der Waals surface area contributed by atoms with Gasteiger partial charge >= 0.3 is 12.1 Å². The highest BCUT2D eigenvalue weighted by Gasteiger charge is 2.36. The molecular weight excluding hydrogens is 463 g/mol. The van der Waals surface area contributed by atoms with E-state index in [4.69, 9.17) is 0 Å². The van der Waals surface area contributed by atoms with Gasteiger partial charge in [0.25, 0.3) is 0 Å². The molecule has 3 atom stereocenters. The zero-order valence-corrected chi connectivity index (χ0v) is 22.1. The van der Waals surface area contributed by atoms with Crippen molar-refractivity contribution in [1.82, 2.24) is 4.90 Å². The molecule has 0 spiro atoms. The number of carboxylic acids is 1. The zero-order chi connectivity index (χ0) is 26.7. The summed E-state index contributed by atoms with van der Waals surface area (Å²) in [6.07, 6.45) is -0.946. The third-order valence-corrected chi connectivity index (χ3v) is 7.42. The van der Waals surface area contributed by atoms with Crippen molar-refractivity contribution in [1.29, 1.82) is 0 Å². The first kappa shape index (κ1) is 28.2. The molecule has 0 aromatic heterocycles. The first-order valence-corrected chi connectivity index (χ1v) is 13.0. The van der Waals surface area contributed by atoms with Gasteiger partial charge in [0.15, 0.2) is 0 Å². The average Bonchev–Trinajstić information content (AvgIpc) is 2.78. The van der Waals surface area contributed by atoms with E-state index in [0.717, 1.165) is 37.0 Å². The van der Waals surface area contributed by atoms with E-state index >= 15 is 0 Å². The molecule has 1 saturated heterocycles. The van der Waals surface area contributed by atoms with E-state index in [1.54, 1.807) is 12.1 Å². The monoisotopic (exact) mass is 503 g/mol. The summed E-state index contributed by atoms with van der Waals surface area (Å²) in [7, 11) is 0. The topological polar surface area (TPSA) is 40.5 Å². The molecule has 0 amide bonds. The van der Waals surface area contributed by atoms with Crippen molar-refractivity contribution in [3.05, 3.63) is 70.8 Å². The molecule has 1 heterocycles. The molecule has 1 aliphatic rings. The third-order valence-electron chi connectivity index (χ3n) is 7.42. The first-order chi connectivity index (χ1) is 16.8. The molecule has 3 nitrogen and oxygen atoms in total. The lowest BCUT2D eigenvalue weighted by molar-refractivity contribution is -0.139. The Hall–Kier alpha value is -2.34. The summed E-state index contributed by atoms with van der Waals surface area (Å²) in [6, 6.07) is 14.2. The molecule has 6 heteroatoms. The summed E-state index contributed by atoms with van der Waals surface area (Å²) >= 11 is 0. The molecule has 1 N–H and O–H groups in total. The quantitative estimate of drug-likeness (QED) is 0.393. The van der Waals surface area contributed by atoms with Crippen LogP contribution in [-0.2, 0) is 16.4 Å². The number of alkyl halides is 3. The number of nitrogens with zero attached hydrogens (tertiary/aromatic N) is 1. The number of hydrogen-bond acceptors (Lipinski definition) is 2. The molecule has 198 valence electrons. The van der Waals surface area contributed by atoms with Crippen LogP contribution in [0.15, 0.2) is 48.5 Å². The van der Waals surface area contributed by atoms with E-state index in [1.807, 2.05) is 0 Å². The Morgan fingerprint density at radius 3 is 2.06 bits per heavy atom. The van der Waals surface area contributed by atoms with E-state index < -0.39 is 17.7 Å². The zero-order valence-electron chi connectivity index (χ0n) is 22.1. The Balaban J connectivity index is 1.99. The number of benzene rings is 2. The van der Waals surface area contributed by atoms with Gasteiger partial charge in [-0.2, -0.15) is 13.2 Å². The van der Waals surface area contributed by atoms with Gasteiger partial charge in [0.1, 0.15) is 0 Å². The molecular formula is C30H40F3NO2. The van der Waals surface area contributed by atoms with Gasteiger partial charge < -0.3 is 5.11 Å². The van der Waals surface area contributed by atoms with Gasteiger partial charge in [0, 0.05) is 18.5 Å². The van der Waals surface area contributed by atoms with Crippen molar-refractivity contribution in [3.63, 3.8) is 0 Å². The second-order valence-corrected chi connectivity index (χ2v) is 11.7. The minimum atomic E-state index is -4.38. The van der Waals surface area contributed by atoms with Crippen molar-refractivity contribution >= 4 is 5.97 Å². The summed E-state index contributed by atoms with van der Waals surface area (Å²) in [6.45, 7) is 11.7. The van der Waals surface area contributed by atoms with Crippen molar-refractivity contribution in [2.45, 2.75) is 90.4 Å². The predicted octanol–water partition coefficient (Wildman–Crippen LogP) is 8.41. The molecule has 0 bridgehead atoms. The summed E-state index contributed by atoms with van der Waals surface area (Å²) in [5, 5.41) is 9.40. The van der Waals surface area contributed by atoms with Crippen molar-refractivity contribution in [2.75, 3.05) is 6.54 Å². The maximum Gasteiger partial charge on any atom is 0.416 e. The summed E-state index contributed by atoms with van der Waals surface area (Å²) in [5.41, 5.74) is 2.67. The van der Waals surface area contributed by atoms with Gasteiger partial charge in [-0.05, 0) is 78.3 Å². The average molecular weight is 504 g/mol. The molecule has 36 heavy (non-hydrogen) atoms. The highest BCUT2D eigenvalue weighted by molar-refractivity contribution is 5.67. The normalized spacial score (nSPS) is 20.5. The molecule has 3 rings (SSSR count). The van der Waals surface area contributed by atoms with Crippen LogP contribution in [0.5, 0.6) is 0 Å². The fourth-order valence-electron chi connectivity index (χ4n) is 5.30. The second kappa shape index (κ2) is 11.4. The highest BCUT2D eigenvalue weighted by Crippen LogP contribution is 2.43. The molecule has 1 fully saturated rings. The van der Waals surface area contributed by atoms with Crippen LogP contribution in [0.2, 0.25) is 0 Å². The molecule has 0 aliphatic carbocycles. The largest absolute Gasteiger partial charge is 0.481 e. The van der Waals surface area contributed by atoms with Gasteiger partial charge in [-0.15, -0.1) is 0 Å². The highest BCUT2D eigenvalue weighted by atomic mass is 19.4. The lowest BCUT2D eigenvalue weighted by Gasteiger charge is -2.44. The van der Waals surface area contributed by atoms with Gasteiger partial charge in [-0.1, -0.05) is 71.0 Å². The number of hydrogen-bond donors (Lipinski definition) is 1. The maximum absolute atomic E-state index is 13.2. The SMILES string of the molecule is CC(C)CCC(c1ccc(C(C)(C)C)cc1)N1CCC(CC(=O)O)CC1c1ccc(C(F)(F)F)cc1. The number of rotatable bonds is 8. The molecule has 0 radical (unpaired) electrons. The van der Waals surface area contributed by atoms with Crippen LogP contribution in [0.25, 0.3) is 0 Å².